The lowest BCUT2D eigenvalue weighted by molar-refractivity contribution is -0.180. The number of ether oxygens (including phenoxy) is 2. The van der Waals surface area contributed by atoms with Gasteiger partial charge < -0.3 is 14.8 Å². The summed E-state index contributed by atoms with van der Waals surface area (Å²) in [6.45, 7) is 2.95. The van der Waals surface area contributed by atoms with Gasteiger partial charge in [-0.25, -0.2) is 0 Å². The lowest BCUT2D eigenvalue weighted by Gasteiger charge is -2.36. The van der Waals surface area contributed by atoms with Crippen LogP contribution in [0.15, 0.2) is 30.3 Å². The highest BCUT2D eigenvalue weighted by Crippen LogP contribution is 2.35. The molecule has 1 amide bonds. The van der Waals surface area contributed by atoms with Crippen LogP contribution in [0, 0.1) is 0 Å². The summed E-state index contributed by atoms with van der Waals surface area (Å²) in [6.07, 6.45) is 7.07. The molecule has 1 aliphatic carbocycles. The second-order valence-corrected chi connectivity index (χ2v) is 7.91. The number of amides is 1. The Bertz CT molecular complexity index is 591. The first-order valence-corrected chi connectivity index (χ1v) is 10.1. The van der Waals surface area contributed by atoms with Crippen LogP contribution in [0.1, 0.15) is 44.1 Å². The Balaban J connectivity index is 1.24. The van der Waals surface area contributed by atoms with E-state index in [-0.39, 0.29) is 17.7 Å². The van der Waals surface area contributed by atoms with E-state index in [0.29, 0.717) is 25.8 Å². The summed E-state index contributed by atoms with van der Waals surface area (Å²) in [5.74, 6) is -0.184. The molecule has 1 saturated carbocycles. The van der Waals surface area contributed by atoms with Gasteiger partial charge in [-0.3, -0.25) is 9.69 Å². The first kappa shape index (κ1) is 18.0. The minimum atomic E-state index is -0.350. The van der Waals surface area contributed by atoms with E-state index in [0.717, 1.165) is 38.6 Å². The van der Waals surface area contributed by atoms with Crippen molar-refractivity contribution >= 4 is 5.91 Å². The predicted octanol–water partition coefficient (Wildman–Crippen LogP) is 2.50. The number of benzene rings is 1. The summed E-state index contributed by atoms with van der Waals surface area (Å²) >= 11 is 0. The van der Waals surface area contributed by atoms with Gasteiger partial charge in [0.05, 0.1) is 19.8 Å². The molecule has 1 spiro atoms. The lowest BCUT2D eigenvalue weighted by atomic mass is 9.90. The van der Waals surface area contributed by atoms with Crippen molar-refractivity contribution in [2.75, 3.05) is 26.3 Å². The van der Waals surface area contributed by atoms with E-state index >= 15 is 0 Å². The third kappa shape index (κ3) is 4.27. The van der Waals surface area contributed by atoms with Gasteiger partial charge >= 0.3 is 0 Å². The Morgan fingerprint density at radius 2 is 1.85 bits per heavy atom. The minimum Gasteiger partial charge on any atom is -0.352 e. The number of carbonyl (C=O) groups is 1. The van der Waals surface area contributed by atoms with Crippen molar-refractivity contribution < 1.29 is 14.3 Å². The largest absolute Gasteiger partial charge is 0.352 e. The third-order valence-corrected chi connectivity index (χ3v) is 6.09. The zero-order valence-electron chi connectivity index (χ0n) is 15.5. The summed E-state index contributed by atoms with van der Waals surface area (Å²) in [5.41, 5.74) is 1.36. The van der Waals surface area contributed by atoms with Crippen LogP contribution in [0.3, 0.4) is 0 Å². The standard InChI is InChI=1S/C21H30N2O3/c24-20(22-18-8-10-21(11-9-18)25-13-14-26-21)16-23-12-4-7-19(23)15-17-5-2-1-3-6-17/h1-3,5-6,18-19H,4,7-16H2,(H,22,24)/t19-/m0/s1. The number of carbonyl (C=O) groups excluding carboxylic acids is 1. The molecule has 1 aromatic carbocycles. The predicted molar refractivity (Wildman–Crippen MR) is 99.8 cm³/mol. The first-order valence-electron chi connectivity index (χ1n) is 10.1. The molecule has 2 aliphatic heterocycles. The third-order valence-electron chi connectivity index (χ3n) is 6.09. The van der Waals surface area contributed by atoms with Crippen molar-refractivity contribution in [3.05, 3.63) is 35.9 Å². The Hall–Kier alpha value is -1.43. The molecule has 5 heteroatoms. The normalized spacial score (nSPS) is 26.4. The van der Waals surface area contributed by atoms with Gasteiger partial charge in [0, 0.05) is 24.9 Å². The fourth-order valence-electron chi connectivity index (χ4n) is 4.67. The smallest absolute Gasteiger partial charge is 0.234 e. The van der Waals surface area contributed by atoms with E-state index in [2.05, 4.69) is 40.5 Å². The molecule has 3 fully saturated rings. The molecule has 0 unspecified atom stereocenters. The molecule has 4 rings (SSSR count). The van der Waals surface area contributed by atoms with Crippen LogP contribution >= 0.6 is 0 Å². The minimum absolute atomic E-state index is 0.166. The number of rotatable bonds is 5. The van der Waals surface area contributed by atoms with Crippen LogP contribution < -0.4 is 5.32 Å². The van der Waals surface area contributed by atoms with E-state index in [9.17, 15) is 4.79 Å². The van der Waals surface area contributed by atoms with Gasteiger partial charge in [-0.05, 0) is 44.2 Å². The van der Waals surface area contributed by atoms with Gasteiger partial charge in [-0.1, -0.05) is 30.3 Å². The lowest BCUT2D eigenvalue weighted by Crippen LogP contribution is -2.47. The van der Waals surface area contributed by atoms with E-state index in [1.165, 1.54) is 18.4 Å². The summed E-state index contributed by atoms with van der Waals surface area (Å²) in [5, 5.41) is 3.24. The maximum Gasteiger partial charge on any atom is 0.234 e. The van der Waals surface area contributed by atoms with Gasteiger partial charge in [0.1, 0.15) is 0 Å². The van der Waals surface area contributed by atoms with Gasteiger partial charge in [-0.2, -0.15) is 0 Å². The van der Waals surface area contributed by atoms with Crippen LogP contribution in [-0.2, 0) is 20.7 Å². The van der Waals surface area contributed by atoms with Crippen LogP contribution in [-0.4, -0.2) is 55.0 Å². The molecule has 0 aromatic heterocycles. The number of nitrogens with one attached hydrogen (secondary N) is 1. The van der Waals surface area contributed by atoms with Crippen molar-refractivity contribution in [2.24, 2.45) is 0 Å². The van der Waals surface area contributed by atoms with Crippen molar-refractivity contribution in [1.82, 2.24) is 10.2 Å². The number of hydrogen-bond acceptors (Lipinski definition) is 4. The summed E-state index contributed by atoms with van der Waals surface area (Å²) in [6, 6.07) is 11.3. The highest BCUT2D eigenvalue weighted by atomic mass is 16.7. The van der Waals surface area contributed by atoms with Gasteiger partial charge in [0.25, 0.3) is 0 Å². The molecule has 2 saturated heterocycles. The van der Waals surface area contributed by atoms with Crippen LogP contribution in [0.25, 0.3) is 0 Å². The van der Waals surface area contributed by atoms with E-state index in [4.69, 9.17) is 9.47 Å². The quantitative estimate of drug-likeness (QED) is 0.879. The van der Waals surface area contributed by atoms with E-state index in [1.807, 2.05) is 0 Å². The van der Waals surface area contributed by atoms with Gasteiger partial charge in [0.15, 0.2) is 5.79 Å². The fraction of sp³-hybridized carbons (Fsp3) is 0.667. The van der Waals surface area contributed by atoms with Crippen molar-refractivity contribution in [3.63, 3.8) is 0 Å². The van der Waals surface area contributed by atoms with Crippen molar-refractivity contribution in [3.8, 4) is 0 Å². The fourth-order valence-corrected chi connectivity index (χ4v) is 4.67. The SMILES string of the molecule is O=C(CN1CCC[C@H]1Cc1ccccc1)NC1CCC2(CC1)OCCO2. The highest BCUT2D eigenvalue weighted by Gasteiger charge is 2.40. The molecule has 2 heterocycles. The van der Waals surface area contributed by atoms with Crippen LogP contribution in [0.5, 0.6) is 0 Å². The second-order valence-electron chi connectivity index (χ2n) is 7.91. The molecule has 3 aliphatic rings. The molecular weight excluding hydrogens is 328 g/mol. The summed E-state index contributed by atoms with van der Waals surface area (Å²) < 4.78 is 11.5. The monoisotopic (exact) mass is 358 g/mol. The number of likely N-dealkylation sites (tertiary alicyclic amines) is 1. The zero-order chi connectivity index (χ0) is 17.8. The maximum absolute atomic E-state index is 12.6. The topological polar surface area (TPSA) is 50.8 Å². The Morgan fingerprint density at radius 1 is 1.12 bits per heavy atom. The molecule has 0 bridgehead atoms. The summed E-state index contributed by atoms with van der Waals surface area (Å²) in [7, 11) is 0. The second kappa shape index (κ2) is 8.07. The Kier molecular flexibility index (Phi) is 5.57. The van der Waals surface area contributed by atoms with E-state index in [1.54, 1.807) is 0 Å². The average molecular weight is 358 g/mol. The molecule has 142 valence electrons. The van der Waals surface area contributed by atoms with Crippen LogP contribution in [0.4, 0.5) is 0 Å². The van der Waals surface area contributed by atoms with Crippen molar-refractivity contribution in [1.29, 1.82) is 0 Å². The van der Waals surface area contributed by atoms with E-state index < -0.39 is 0 Å². The number of hydrogen-bond donors (Lipinski definition) is 1. The molecular formula is C21H30N2O3. The summed E-state index contributed by atoms with van der Waals surface area (Å²) in [4.78, 5) is 14.9. The molecule has 1 aromatic rings. The number of nitrogens with zero attached hydrogens (tertiary/aromatic N) is 1. The molecule has 0 radical (unpaired) electrons. The molecule has 1 atom stereocenters. The van der Waals surface area contributed by atoms with Crippen molar-refractivity contribution in [2.45, 2.75) is 62.8 Å². The van der Waals surface area contributed by atoms with Gasteiger partial charge in [-0.15, -0.1) is 0 Å². The molecule has 26 heavy (non-hydrogen) atoms. The molecule has 5 nitrogen and oxygen atoms in total. The average Bonchev–Trinajstić information content (AvgIpc) is 3.28. The Morgan fingerprint density at radius 3 is 2.58 bits per heavy atom. The molecule has 1 N–H and O–H groups in total. The first-order chi connectivity index (χ1) is 12.7. The zero-order valence-corrected chi connectivity index (χ0v) is 15.5. The Labute approximate surface area is 156 Å². The maximum atomic E-state index is 12.6. The highest BCUT2D eigenvalue weighted by molar-refractivity contribution is 5.78. The van der Waals surface area contributed by atoms with Gasteiger partial charge in [0.2, 0.25) is 5.91 Å². The van der Waals surface area contributed by atoms with Crippen LogP contribution in [0.2, 0.25) is 0 Å².